The fourth-order valence-corrected chi connectivity index (χ4v) is 9.23. The van der Waals surface area contributed by atoms with Crippen LogP contribution >= 0.6 is 11.6 Å². The van der Waals surface area contributed by atoms with Crippen LogP contribution in [-0.2, 0) is 27.6 Å². The molecule has 2 fully saturated rings. The van der Waals surface area contributed by atoms with Crippen LogP contribution in [-0.4, -0.2) is 60.5 Å². The number of rotatable bonds is 3. The summed E-state index contributed by atoms with van der Waals surface area (Å²) in [5, 5.41) is 3.37. The van der Waals surface area contributed by atoms with Gasteiger partial charge in [0.25, 0.3) is 5.91 Å². The van der Waals surface area contributed by atoms with Gasteiger partial charge in [0.05, 0.1) is 24.2 Å². The SMILES string of the molecule is CO[C@H]1/C=C/C[C@H](C)CS(=O)(NC(=O)N[C@H]2C[C@H](F)C2)=NC(=O)c2ccc3c(c2)N(Cc2ccc(Cl)cc2CCCCO3)C[C@@H]2CC[C@H]21. The molecule has 48 heavy (non-hydrogen) atoms. The predicted octanol–water partition coefficient (Wildman–Crippen LogP) is 7.02. The van der Waals surface area contributed by atoms with Crippen LogP contribution in [0.15, 0.2) is 52.9 Å². The lowest BCUT2D eigenvalue weighted by atomic mass is 9.70. The molecule has 0 spiro atoms. The smallest absolute Gasteiger partial charge is 0.327 e. The standard InChI is InChI=1S/C36H46ClFN4O5S/c1-23-6-5-8-33(46-2)31-13-10-27(31)21-42-20-26-9-12-28(37)16-24(26)7-3-4-15-47-34-14-11-25(17-32(34)42)35(43)40-48(45,22-23)41-36(44)39-30-18-29(38)19-30/h5,8-9,11-12,14,16-17,23,27,29-31,33H,3-4,6-7,10,13,15,18-22H2,1-2H3,(H2,39,40,41,43,44,45)/b8-5+/t23-,27-,29-,30-,31+,33-,48?/m0/s1. The molecule has 3 amide bonds. The molecule has 2 aliphatic carbocycles. The fraction of sp³-hybridized carbons (Fsp3) is 0.556. The molecule has 260 valence electrons. The van der Waals surface area contributed by atoms with Crippen molar-refractivity contribution in [1.29, 1.82) is 0 Å². The van der Waals surface area contributed by atoms with E-state index < -0.39 is 28.0 Å². The third kappa shape index (κ3) is 8.34. The van der Waals surface area contributed by atoms with E-state index in [1.807, 2.05) is 25.1 Å². The van der Waals surface area contributed by atoms with Crippen LogP contribution in [0.25, 0.3) is 0 Å². The number of halogens is 2. The zero-order valence-corrected chi connectivity index (χ0v) is 29.2. The number of aryl methyl sites for hydroxylation is 1. The molecule has 2 heterocycles. The number of hydrogen-bond donors (Lipinski definition) is 2. The summed E-state index contributed by atoms with van der Waals surface area (Å²) in [7, 11) is -1.81. The average molecular weight is 701 g/mol. The van der Waals surface area contributed by atoms with Gasteiger partial charge in [0.15, 0.2) is 0 Å². The highest BCUT2D eigenvalue weighted by Crippen LogP contribution is 2.42. The van der Waals surface area contributed by atoms with Crippen molar-refractivity contribution in [3.8, 4) is 5.75 Å². The molecule has 2 aliphatic heterocycles. The number of amides is 3. The van der Waals surface area contributed by atoms with Crippen molar-refractivity contribution in [3.63, 3.8) is 0 Å². The number of methoxy groups -OCH3 is 1. The van der Waals surface area contributed by atoms with Crippen molar-refractivity contribution >= 4 is 39.1 Å². The van der Waals surface area contributed by atoms with E-state index >= 15 is 0 Å². The minimum absolute atomic E-state index is 0.0316. The highest BCUT2D eigenvalue weighted by molar-refractivity contribution is 7.92. The van der Waals surface area contributed by atoms with Crippen molar-refractivity contribution < 1.29 is 27.7 Å². The van der Waals surface area contributed by atoms with Gasteiger partial charge in [-0.2, -0.15) is 0 Å². The summed E-state index contributed by atoms with van der Waals surface area (Å²) in [6.07, 6.45) is 8.87. The molecule has 5 atom stereocenters. The van der Waals surface area contributed by atoms with Crippen LogP contribution in [0.4, 0.5) is 14.9 Å². The molecule has 2 bridgehead atoms. The summed E-state index contributed by atoms with van der Waals surface area (Å²) in [4.78, 5) is 29.0. The van der Waals surface area contributed by atoms with Crippen molar-refractivity contribution in [2.45, 2.75) is 83.2 Å². The van der Waals surface area contributed by atoms with Gasteiger partial charge in [0, 0.05) is 36.8 Å². The molecule has 2 saturated carbocycles. The Hall–Kier alpha value is -3.15. The van der Waals surface area contributed by atoms with E-state index in [-0.39, 0.29) is 42.2 Å². The summed E-state index contributed by atoms with van der Waals surface area (Å²) in [5.74, 6) is 0.447. The van der Waals surface area contributed by atoms with Crippen LogP contribution in [0.1, 0.15) is 73.4 Å². The molecule has 9 nitrogen and oxygen atoms in total. The Kier molecular flexibility index (Phi) is 11.0. The number of fused-ring (bicyclic) bond motifs is 3. The third-order valence-electron chi connectivity index (χ3n) is 10.1. The average Bonchev–Trinajstić information content (AvgIpc) is 3.04. The van der Waals surface area contributed by atoms with E-state index in [9.17, 15) is 18.2 Å². The zero-order valence-electron chi connectivity index (χ0n) is 27.7. The Morgan fingerprint density at radius 2 is 1.98 bits per heavy atom. The summed E-state index contributed by atoms with van der Waals surface area (Å²) in [6.45, 7) is 3.75. The number of ether oxygens (including phenoxy) is 2. The van der Waals surface area contributed by atoms with Crippen molar-refractivity contribution in [1.82, 2.24) is 10.0 Å². The lowest BCUT2D eigenvalue weighted by Crippen LogP contribution is -2.50. The number of anilines is 1. The summed E-state index contributed by atoms with van der Waals surface area (Å²) >= 11 is 6.44. The van der Waals surface area contributed by atoms with Crippen LogP contribution in [0.5, 0.6) is 5.75 Å². The largest absolute Gasteiger partial charge is 0.491 e. The van der Waals surface area contributed by atoms with E-state index in [4.69, 9.17) is 21.1 Å². The highest BCUT2D eigenvalue weighted by Gasteiger charge is 2.38. The minimum atomic E-state index is -3.54. The molecule has 0 radical (unpaired) electrons. The first-order chi connectivity index (χ1) is 23.1. The van der Waals surface area contributed by atoms with Gasteiger partial charge in [-0.15, -0.1) is 4.36 Å². The van der Waals surface area contributed by atoms with E-state index in [0.717, 1.165) is 44.3 Å². The van der Waals surface area contributed by atoms with Gasteiger partial charge in [0.2, 0.25) is 0 Å². The second-order valence-corrected chi connectivity index (χ2v) is 16.2. The Morgan fingerprint density at radius 1 is 1.15 bits per heavy atom. The maximum atomic E-state index is 14.3. The molecule has 1 unspecified atom stereocenters. The molecule has 2 aromatic rings. The molecule has 12 heteroatoms. The lowest BCUT2D eigenvalue weighted by molar-refractivity contribution is 0.0133. The Bertz CT molecular complexity index is 1660. The molecular formula is C36H46ClFN4O5S. The predicted molar refractivity (Wildman–Crippen MR) is 187 cm³/mol. The quantitative estimate of drug-likeness (QED) is 0.333. The highest BCUT2D eigenvalue weighted by atomic mass is 35.5. The third-order valence-corrected chi connectivity index (χ3v) is 12.3. The first kappa shape index (κ1) is 34.7. The monoisotopic (exact) mass is 700 g/mol. The Morgan fingerprint density at radius 3 is 2.73 bits per heavy atom. The summed E-state index contributed by atoms with van der Waals surface area (Å²) < 4.78 is 46.7. The van der Waals surface area contributed by atoms with Gasteiger partial charge in [-0.25, -0.2) is 13.4 Å². The molecule has 4 aliphatic rings. The number of allylic oxidation sites excluding steroid dienone is 1. The second kappa shape index (κ2) is 15.2. The number of carbonyl (C=O) groups is 2. The second-order valence-electron chi connectivity index (χ2n) is 13.8. The zero-order chi connectivity index (χ0) is 33.8. The number of alkyl halides is 1. The first-order valence-electron chi connectivity index (χ1n) is 17.1. The maximum absolute atomic E-state index is 14.3. The normalized spacial score (nSPS) is 31.6. The number of nitrogens with one attached hydrogen (secondary N) is 2. The van der Waals surface area contributed by atoms with Crippen molar-refractivity contribution in [2.24, 2.45) is 22.1 Å². The van der Waals surface area contributed by atoms with Crippen LogP contribution in [0.2, 0.25) is 5.02 Å². The van der Waals surface area contributed by atoms with Crippen molar-refractivity contribution in [3.05, 3.63) is 70.3 Å². The number of hydrogen-bond acceptors (Lipinski definition) is 6. The van der Waals surface area contributed by atoms with Crippen LogP contribution in [0, 0.1) is 17.8 Å². The van der Waals surface area contributed by atoms with E-state index in [1.165, 1.54) is 11.1 Å². The van der Waals surface area contributed by atoms with Gasteiger partial charge in [-0.3, -0.25) is 9.52 Å². The van der Waals surface area contributed by atoms with E-state index in [2.05, 4.69) is 31.4 Å². The fourth-order valence-electron chi connectivity index (χ4n) is 7.20. The first-order valence-corrected chi connectivity index (χ1v) is 19.2. The van der Waals surface area contributed by atoms with Crippen molar-refractivity contribution in [2.75, 3.05) is 30.9 Å². The number of benzene rings is 2. The molecule has 6 rings (SSSR count). The van der Waals surface area contributed by atoms with E-state index in [0.29, 0.717) is 42.2 Å². The molecular weight excluding hydrogens is 655 g/mol. The number of nitrogens with zero attached hydrogens (tertiary/aromatic N) is 2. The lowest BCUT2D eigenvalue weighted by Gasteiger charge is -2.43. The topological polar surface area (TPSA) is 109 Å². The molecule has 0 saturated heterocycles. The van der Waals surface area contributed by atoms with Crippen LogP contribution in [0.3, 0.4) is 0 Å². The van der Waals surface area contributed by atoms with Gasteiger partial charge in [-0.1, -0.05) is 36.7 Å². The molecule has 2 N–H and O–H groups in total. The van der Waals surface area contributed by atoms with Gasteiger partial charge >= 0.3 is 6.03 Å². The number of carbonyl (C=O) groups excluding carboxylic acids is 2. The number of urea groups is 1. The Balaban J connectivity index is 1.41. The van der Waals surface area contributed by atoms with Gasteiger partial charge < -0.3 is 19.7 Å². The minimum Gasteiger partial charge on any atom is -0.491 e. The van der Waals surface area contributed by atoms with Crippen LogP contribution < -0.4 is 19.7 Å². The summed E-state index contributed by atoms with van der Waals surface area (Å²) in [5.41, 5.74) is 3.38. The Labute approximate surface area is 288 Å². The molecule has 2 aromatic carbocycles. The molecule has 0 aromatic heterocycles. The van der Waals surface area contributed by atoms with Gasteiger partial charge in [-0.05, 0) is 111 Å². The summed E-state index contributed by atoms with van der Waals surface area (Å²) in [6, 6.07) is 10.2. The maximum Gasteiger partial charge on any atom is 0.327 e. The van der Waals surface area contributed by atoms with Gasteiger partial charge in [0.1, 0.15) is 21.8 Å². The van der Waals surface area contributed by atoms with E-state index in [1.54, 1.807) is 25.3 Å².